The molecule has 1 N–H and O–H groups in total. The number of ether oxygens (including phenoxy) is 2. The van der Waals surface area contributed by atoms with Gasteiger partial charge in [0.1, 0.15) is 23.3 Å². The summed E-state index contributed by atoms with van der Waals surface area (Å²) in [5.41, 5.74) is 3.65. The second-order valence-electron chi connectivity index (χ2n) is 9.91. The van der Waals surface area contributed by atoms with Crippen LogP contribution in [0.1, 0.15) is 52.6 Å². The Labute approximate surface area is 229 Å². The van der Waals surface area contributed by atoms with Gasteiger partial charge in [-0.1, -0.05) is 23.7 Å². The molecule has 2 atom stereocenters. The average Bonchev–Trinajstić information content (AvgIpc) is 3.21. The van der Waals surface area contributed by atoms with E-state index in [1.165, 1.54) is 12.1 Å². The predicted molar refractivity (Wildman–Crippen MR) is 141 cm³/mol. The maximum atomic E-state index is 14.4. The van der Waals surface area contributed by atoms with Gasteiger partial charge in [-0.05, 0) is 49.6 Å². The highest BCUT2D eigenvalue weighted by Gasteiger charge is 2.26. The van der Waals surface area contributed by atoms with E-state index < -0.39 is 17.9 Å². The monoisotopic (exact) mass is 551 g/mol. The molecule has 2 aliphatic rings. The zero-order valence-corrected chi connectivity index (χ0v) is 22.1. The topological polar surface area (TPSA) is 103 Å². The SMILES string of the molecule is CC(Oc1ccc2c(n1)CN(Cc1nc3ccc(C(=O)O)nc3n1C[C@@H]1CCO1)CC2)c1ccc(Cl)cc1F. The molecule has 1 saturated heterocycles. The van der Waals surface area contributed by atoms with Crippen molar-refractivity contribution < 1.29 is 23.8 Å². The lowest BCUT2D eigenvalue weighted by atomic mass is 10.1. The largest absolute Gasteiger partial charge is 0.477 e. The van der Waals surface area contributed by atoms with E-state index in [1.807, 2.05) is 16.7 Å². The van der Waals surface area contributed by atoms with Crippen molar-refractivity contribution in [2.24, 2.45) is 0 Å². The van der Waals surface area contributed by atoms with Crippen molar-refractivity contribution in [3.8, 4) is 5.88 Å². The quantitative estimate of drug-likeness (QED) is 0.333. The van der Waals surface area contributed by atoms with Crippen molar-refractivity contribution in [1.29, 1.82) is 0 Å². The number of benzene rings is 1. The number of imidazole rings is 1. The first-order chi connectivity index (χ1) is 18.8. The van der Waals surface area contributed by atoms with E-state index in [1.54, 1.807) is 25.1 Å². The van der Waals surface area contributed by atoms with Crippen molar-refractivity contribution >= 4 is 28.7 Å². The van der Waals surface area contributed by atoms with Crippen molar-refractivity contribution in [3.05, 3.63) is 81.6 Å². The second-order valence-corrected chi connectivity index (χ2v) is 10.3. The third-order valence-corrected chi connectivity index (χ3v) is 7.48. The van der Waals surface area contributed by atoms with Gasteiger partial charge in [0, 0.05) is 36.3 Å². The van der Waals surface area contributed by atoms with Crippen LogP contribution >= 0.6 is 11.6 Å². The number of carboxylic acid groups (broad SMARTS) is 1. The summed E-state index contributed by atoms with van der Waals surface area (Å²) in [7, 11) is 0. The van der Waals surface area contributed by atoms with Gasteiger partial charge in [0.15, 0.2) is 11.3 Å². The van der Waals surface area contributed by atoms with Crippen LogP contribution in [0.2, 0.25) is 5.02 Å². The lowest BCUT2D eigenvalue weighted by Crippen LogP contribution is -2.34. The highest BCUT2D eigenvalue weighted by molar-refractivity contribution is 6.30. The van der Waals surface area contributed by atoms with Crippen molar-refractivity contribution in [3.63, 3.8) is 0 Å². The summed E-state index contributed by atoms with van der Waals surface area (Å²) in [6.45, 7) is 5.03. The molecule has 1 unspecified atom stereocenters. The zero-order valence-electron chi connectivity index (χ0n) is 21.3. The number of aromatic carboxylic acids is 1. The lowest BCUT2D eigenvalue weighted by Gasteiger charge is -2.30. The Hall–Kier alpha value is -3.60. The van der Waals surface area contributed by atoms with Gasteiger partial charge in [0.25, 0.3) is 0 Å². The van der Waals surface area contributed by atoms with Crippen LogP contribution in [0, 0.1) is 5.82 Å². The van der Waals surface area contributed by atoms with Gasteiger partial charge < -0.3 is 19.1 Å². The van der Waals surface area contributed by atoms with E-state index in [9.17, 15) is 14.3 Å². The number of halogens is 2. The first-order valence-corrected chi connectivity index (χ1v) is 13.3. The molecule has 0 saturated carbocycles. The van der Waals surface area contributed by atoms with Gasteiger partial charge >= 0.3 is 5.97 Å². The van der Waals surface area contributed by atoms with Crippen LogP contribution in [0.5, 0.6) is 5.88 Å². The fourth-order valence-corrected chi connectivity index (χ4v) is 5.19. The summed E-state index contributed by atoms with van der Waals surface area (Å²) in [5.74, 6) is -0.259. The standard InChI is InChI=1S/C28H27ClFN5O4/c1-16(20-4-3-18(29)12-21(20)30)39-26-7-2-17-8-10-34(14-24(17)32-26)15-25-31-22-5-6-23(28(36)37)33-27(22)35(25)13-19-9-11-38-19/h2-7,12,16,19H,8-11,13-15H2,1H3,(H,36,37)/t16?,19-/m0/s1. The first-order valence-electron chi connectivity index (χ1n) is 12.9. The molecule has 6 rings (SSSR count). The first kappa shape index (κ1) is 25.7. The van der Waals surface area contributed by atoms with E-state index >= 15 is 0 Å². The lowest BCUT2D eigenvalue weighted by molar-refractivity contribution is -0.0592. The number of hydrogen-bond donors (Lipinski definition) is 1. The molecule has 5 heterocycles. The van der Waals surface area contributed by atoms with Crippen LogP contribution in [0.4, 0.5) is 4.39 Å². The van der Waals surface area contributed by atoms with E-state index in [0.717, 1.165) is 43.1 Å². The Morgan fingerprint density at radius 3 is 2.82 bits per heavy atom. The molecule has 0 bridgehead atoms. The number of fused-ring (bicyclic) bond motifs is 2. The minimum absolute atomic E-state index is 0.0129. The maximum Gasteiger partial charge on any atom is 0.354 e. The predicted octanol–water partition coefficient (Wildman–Crippen LogP) is 4.80. The summed E-state index contributed by atoms with van der Waals surface area (Å²) in [4.78, 5) is 27.7. The molecule has 39 heavy (non-hydrogen) atoms. The summed E-state index contributed by atoms with van der Waals surface area (Å²) in [6.07, 6.45) is 1.29. The van der Waals surface area contributed by atoms with E-state index in [-0.39, 0.29) is 11.8 Å². The Morgan fingerprint density at radius 1 is 1.23 bits per heavy atom. The molecular weight excluding hydrogens is 525 g/mol. The van der Waals surface area contributed by atoms with Crippen molar-refractivity contribution in [1.82, 2.24) is 24.4 Å². The van der Waals surface area contributed by atoms with Crippen molar-refractivity contribution in [2.45, 2.75) is 51.6 Å². The molecular formula is C28H27ClFN5O4. The van der Waals surface area contributed by atoms with Crippen LogP contribution in [0.15, 0.2) is 42.5 Å². The fraction of sp³-hybridized carbons (Fsp3) is 0.357. The molecule has 0 spiro atoms. The highest BCUT2D eigenvalue weighted by atomic mass is 35.5. The van der Waals surface area contributed by atoms with Crippen LogP contribution in [0.25, 0.3) is 11.2 Å². The Morgan fingerprint density at radius 2 is 2.08 bits per heavy atom. The van der Waals surface area contributed by atoms with Gasteiger partial charge in [-0.25, -0.2) is 24.1 Å². The Bertz CT molecular complexity index is 1560. The van der Waals surface area contributed by atoms with Crippen LogP contribution < -0.4 is 4.74 Å². The van der Waals surface area contributed by atoms with Gasteiger partial charge in [-0.2, -0.15) is 0 Å². The molecule has 1 aromatic carbocycles. The summed E-state index contributed by atoms with van der Waals surface area (Å²) >= 11 is 5.88. The smallest absolute Gasteiger partial charge is 0.354 e. The number of aromatic nitrogens is 4. The third kappa shape index (κ3) is 5.32. The molecule has 2 aliphatic heterocycles. The molecule has 9 nitrogen and oxygen atoms in total. The minimum Gasteiger partial charge on any atom is -0.477 e. The zero-order chi connectivity index (χ0) is 27.1. The molecule has 1 fully saturated rings. The third-order valence-electron chi connectivity index (χ3n) is 7.25. The van der Waals surface area contributed by atoms with Gasteiger partial charge in [0.05, 0.1) is 24.9 Å². The van der Waals surface area contributed by atoms with Crippen molar-refractivity contribution in [2.75, 3.05) is 13.2 Å². The molecule has 0 radical (unpaired) electrons. The number of nitrogens with zero attached hydrogens (tertiary/aromatic N) is 5. The molecule has 4 aromatic rings. The van der Waals surface area contributed by atoms with E-state index in [0.29, 0.717) is 47.3 Å². The molecule has 202 valence electrons. The normalized spacial score (nSPS) is 18.0. The van der Waals surface area contributed by atoms with Gasteiger partial charge in [-0.15, -0.1) is 0 Å². The number of hydrogen-bond acceptors (Lipinski definition) is 7. The fourth-order valence-electron chi connectivity index (χ4n) is 5.03. The Kier molecular flexibility index (Phi) is 6.92. The number of carbonyl (C=O) groups is 1. The van der Waals surface area contributed by atoms with E-state index in [2.05, 4.69) is 9.88 Å². The van der Waals surface area contributed by atoms with Crippen LogP contribution in [-0.2, 0) is 30.8 Å². The van der Waals surface area contributed by atoms with E-state index in [4.69, 9.17) is 31.0 Å². The molecule has 3 aromatic heterocycles. The Balaban J connectivity index is 1.22. The number of carboxylic acids is 1. The molecule has 0 amide bonds. The van der Waals surface area contributed by atoms with Gasteiger partial charge in [-0.3, -0.25) is 4.90 Å². The van der Waals surface area contributed by atoms with Crippen LogP contribution in [-0.4, -0.2) is 54.8 Å². The second kappa shape index (κ2) is 10.5. The summed E-state index contributed by atoms with van der Waals surface area (Å²) in [5, 5.41) is 9.77. The number of pyridine rings is 2. The number of rotatable bonds is 8. The van der Waals surface area contributed by atoms with Crippen LogP contribution in [0.3, 0.4) is 0 Å². The average molecular weight is 552 g/mol. The minimum atomic E-state index is -1.07. The van der Waals surface area contributed by atoms with Gasteiger partial charge in [0.2, 0.25) is 5.88 Å². The summed E-state index contributed by atoms with van der Waals surface area (Å²) < 4.78 is 28.0. The maximum absolute atomic E-state index is 14.4. The molecule has 11 heteroatoms. The summed E-state index contributed by atoms with van der Waals surface area (Å²) in [6, 6.07) is 11.6. The molecule has 0 aliphatic carbocycles. The highest BCUT2D eigenvalue weighted by Crippen LogP contribution is 2.28.